The molecule has 0 radical (unpaired) electrons. The van der Waals surface area contributed by atoms with Crippen LogP contribution in [-0.2, 0) is 12.7 Å². The number of amides is 1. The van der Waals surface area contributed by atoms with E-state index < -0.39 is 23.3 Å². The molecule has 0 unspecified atom stereocenters. The molecule has 10 heteroatoms. The van der Waals surface area contributed by atoms with E-state index in [4.69, 9.17) is 9.47 Å². The number of carbonyl (C=O) groups is 1. The van der Waals surface area contributed by atoms with Crippen LogP contribution >= 0.6 is 0 Å². The van der Waals surface area contributed by atoms with E-state index in [2.05, 4.69) is 10.3 Å². The molecule has 0 saturated heterocycles. The number of rotatable bonds is 5. The minimum absolute atomic E-state index is 0.00320. The number of nitrogens with one attached hydrogen (secondary N) is 1. The molecule has 0 fully saturated rings. The molecule has 0 saturated carbocycles. The van der Waals surface area contributed by atoms with E-state index in [1.807, 2.05) is 0 Å². The number of halogens is 4. The summed E-state index contributed by atoms with van der Waals surface area (Å²) in [5, 5.41) is 2.77. The van der Waals surface area contributed by atoms with Crippen molar-refractivity contribution in [1.29, 1.82) is 0 Å². The van der Waals surface area contributed by atoms with E-state index in [-0.39, 0.29) is 34.5 Å². The summed E-state index contributed by atoms with van der Waals surface area (Å²) in [5.41, 5.74) is 0.264. The second kappa shape index (κ2) is 8.27. The molecule has 172 valence electrons. The number of hydrogen-bond acceptors (Lipinski definition) is 5. The number of carbonyl (C=O) groups excluding carboxylic acids is 1. The van der Waals surface area contributed by atoms with Crippen LogP contribution in [-0.4, -0.2) is 29.9 Å². The van der Waals surface area contributed by atoms with Gasteiger partial charge in [0, 0.05) is 31.9 Å². The highest BCUT2D eigenvalue weighted by Crippen LogP contribution is 2.41. The molecule has 2 aromatic carbocycles. The zero-order chi connectivity index (χ0) is 23.9. The normalized spacial score (nSPS) is 13.2. The predicted molar refractivity (Wildman–Crippen MR) is 113 cm³/mol. The lowest BCUT2D eigenvalue weighted by Gasteiger charge is -2.17. The van der Waals surface area contributed by atoms with Crippen molar-refractivity contribution in [3.8, 4) is 17.2 Å². The number of aromatic nitrogens is 1. The molecular formula is C23H19F4N3O3. The lowest BCUT2D eigenvalue weighted by Crippen LogP contribution is -2.18. The fourth-order valence-corrected chi connectivity index (χ4v) is 3.53. The SMILES string of the molecule is COc1cc(C)c(F)cc1Nc1cc(Oc2cccc3c2C(=O)N(C)C3)c(C(F)(F)F)cn1. The van der Waals surface area contributed by atoms with Crippen molar-refractivity contribution >= 4 is 17.4 Å². The van der Waals surface area contributed by atoms with Gasteiger partial charge < -0.3 is 19.7 Å². The fraction of sp³-hybridized carbons (Fsp3) is 0.217. The third kappa shape index (κ3) is 4.28. The van der Waals surface area contributed by atoms with E-state index in [9.17, 15) is 22.4 Å². The van der Waals surface area contributed by atoms with Crippen LogP contribution in [0.4, 0.5) is 29.1 Å². The first kappa shape index (κ1) is 22.4. The number of methoxy groups -OCH3 is 1. The summed E-state index contributed by atoms with van der Waals surface area (Å²) >= 11 is 0. The van der Waals surface area contributed by atoms with Crippen molar-refractivity contribution in [2.24, 2.45) is 0 Å². The zero-order valence-electron chi connectivity index (χ0n) is 17.9. The molecule has 1 aromatic heterocycles. The Morgan fingerprint density at radius 2 is 1.88 bits per heavy atom. The van der Waals surface area contributed by atoms with Crippen LogP contribution in [0.3, 0.4) is 0 Å². The van der Waals surface area contributed by atoms with Gasteiger partial charge in [0.05, 0.1) is 18.4 Å². The van der Waals surface area contributed by atoms with E-state index in [1.165, 1.54) is 24.1 Å². The van der Waals surface area contributed by atoms with Gasteiger partial charge in [0.25, 0.3) is 5.91 Å². The largest absolute Gasteiger partial charge is 0.495 e. The van der Waals surface area contributed by atoms with E-state index in [1.54, 1.807) is 26.1 Å². The Balaban J connectivity index is 1.75. The molecule has 0 bridgehead atoms. The molecule has 0 aliphatic carbocycles. The Hall–Kier alpha value is -3.82. The predicted octanol–water partition coefficient (Wildman–Crippen LogP) is 5.68. The summed E-state index contributed by atoms with van der Waals surface area (Å²) in [6, 6.07) is 8.41. The zero-order valence-corrected chi connectivity index (χ0v) is 17.9. The molecule has 1 N–H and O–H groups in total. The second-order valence-corrected chi connectivity index (χ2v) is 7.54. The summed E-state index contributed by atoms with van der Waals surface area (Å²) in [7, 11) is 2.98. The van der Waals surface area contributed by atoms with Crippen LogP contribution in [0.25, 0.3) is 0 Å². The Labute approximate surface area is 186 Å². The van der Waals surface area contributed by atoms with Crippen LogP contribution in [0.5, 0.6) is 17.2 Å². The highest BCUT2D eigenvalue weighted by molar-refractivity contribution is 6.00. The van der Waals surface area contributed by atoms with Gasteiger partial charge in [0.2, 0.25) is 0 Å². The first-order valence-corrected chi connectivity index (χ1v) is 9.82. The summed E-state index contributed by atoms with van der Waals surface area (Å²) in [6.45, 7) is 1.89. The number of anilines is 2. The molecule has 1 amide bonds. The molecule has 1 aliphatic heterocycles. The van der Waals surface area contributed by atoms with E-state index in [0.29, 0.717) is 23.9 Å². The van der Waals surface area contributed by atoms with Gasteiger partial charge in [-0.3, -0.25) is 4.79 Å². The van der Waals surface area contributed by atoms with E-state index >= 15 is 0 Å². The van der Waals surface area contributed by atoms with Gasteiger partial charge in [-0.1, -0.05) is 12.1 Å². The molecular weight excluding hydrogens is 442 g/mol. The van der Waals surface area contributed by atoms with Crippen molar-refractivity contribution in [3.05, 3.63) is 70.7 Å². The number of pyridine rings is 1. The summed E-state index contributed by atoms with van der Waals surface area (Å²) < 4.78 is 65.9. The van der Waals surface area contributed by atoms with E-state index in [0.717, 1.165) is 12.1 Å². The van der Waals surface area contributed by atoms with Crippen LogP contribution in [0.1, 0.15) is 27.0 Å². The highest BCUT2D eigenvalue weighted by atomic mass is 19.4. The van der Waals surface area contributed by atoms with Gasteiger partial charge in [-0.05, 0) is 30.2 Å². The second-order valence-electron chi connectivity index (χ2n) is 7.54. The average molecular weight is 461 g/mol. The Morgan fingerprint density at radius 3 is 2.58 bits per heavy atom. The molecule has 0 spiro atoms. The minimum Gasteiger partial charge on any atom is -0.495 e. The number of ether oxygens (including phenoxy) is 2. The Bertz CT molecular complexity index is 1240. The lowest BCUT2D eigenvalue weighted by atomic mass is 10.1. The standard InChI is InChI=1S/C23H19F4N3O3/c1-12-7-19(32-3)16(8-15(12)24)29-20-9-18(14(10-28-20)23(25,26)27)33-17-6-4-5-13-11-30(2)22(31)21(13)17/h4-10H,11H2,1-3H3,(H,28,29). The number of nitrogens with zero attached hydrogens (tertiary/aromatic N) is 2. The van der Waals surface area contributed by atoms with Gasteiger partial charge in [-0.25, -0.2) is 9.37 Å². The monoisotopic (exact) mass is 461 g/mol. The molecule has 6 nitrogen and oxygen atoms in total. The van der Waals surface area contributed by atoms with Crippen LogP contribution in [0.15, 0.2) is 42.6 Å². The molecule has 3 aromatic rings. The molecule has 33 heavy (non-hydrogen) atoms. The van der Waals surface area contributed by atoms with Gasteiger partial charge in [0.1, 0.15) is 34.4 Å². The van der Waals surface area contributed by atoms with Crippen molar-refractivity contribution in [2.45, 2.75) is 19.6 Å². The van der Waals surface area contributed by atoms with Crippen molar-refractivity contribution in [2.75, 3.05) is 19.5 Å². The number of alkyl halides is 3. The topological polar surface area (TPSA) is 63.7 Å². The number of aryl methyl sites for hydroxylation is 1. The maximum absolute atomic E-state index is 14.1. The van der Waals surface area contributed by atoms with Crippen LogP contribution in [0, 0.1) is 12.7 Å². The van der Waals surface area contributed by atoms with Gasteiger partial charge >= 0.3 is 6.18 Å². The van der Waals surface area contributed by atoms with Crippen molar-refractivity contribution in [3.63, 3.8) is 0 Å². The summed E-state index contributed by atoms with van der Waals surface area (Å²) in [4.78, 5) is 17.7. The highest BCUT2D eigenvalue weighted by Gasteiger charge is 2.36. The minimum atomic E-state index is -4.76. The first-order valence-electron chi connectivity index (χ1n) is 9.82. The van der Waals surface area contributed by atoms with Crippen LogP contribution in [0.2, 0.25) is 0 Å². The number of hydrogen-bond donors (Lipinski definition) is 1. The maximum atomic E-state index is 14.1. The van der Waals surface area contributed by atoms with Gasteiger partial charge in [-0.15, -0.1) is 0 Å². The molecule has 2 heterocycles. The van der Waals surface area contributed by atoms with Gasteiger partial charge in [0.15, 0.2) is 0 Å². The Kier molecular flexibility index (Phi) is 5.61. The third-order valence-corrected chi connectivity index (χ3v) is 5.22. The van der Waals surface area contributed by atoms with Crippen molar-refractivity contribution in [1.82, 2.24) is 9.88 Å². The quantitative estimate of drug-likeness (QED) is 0.496. The van der Waals surface area contributed by atoms with Crippen LogP contribution < -0.4 is 14.8 Å². The third-order valence-electron chi connectivity index (χ3n) is 5.22. The maximum Gasteiger partial charge on any atom is 0.421 e. The number of fused-ring (bicyclic) bond motifs is 1. The number of benzene rings is 2. The molecule has 1 aliphatic rings. The fourth-order valence-electron chi connectivity index (χ4n) is 3.53. The van der Waals surface area contributed by atoms with Gasteiger partial charge in [-0.2, -0.15) is 13.2 Å². The molecule has 0 atom stereocenters. The summed E-state index contributed by atoms with van der Waals surface area (Å²) in [6.07, 6.45) is -4.14. The lowest BCUT2D eigenvalue weighted by molar-refractivity contribution is -0.138. The Morgan fingerprint density at radius 1 is 1.12 bits per heavy atom. The molecule has 4 rings (SSSR count). The smallest absolute Gasteiger partial charge is 0.421 e. The average Bonchev–Trinajstić information content (AvgIpc) is 3.04. The summed E-state index contributed by atoms with van der Waals surface area (Å²) in [5.74, 6) is -1.17. The van der Waals surface area contributed by atoms with Crippen molar-refractivity contribution < 1.29 is 31.8 Å². The first-order chi connectivity index (χ1) is 15.6.